The molecule has 0 aliphatic heterocycles. The summed E-state index contributed by atoms with van der Waals surface area (Å²) in [7, 11) is 0. The topological polar surface area (TPSA) is 30.7 Å². The van der Waals surface area contributed by atoms with Crippen molar-refractivity contribution in [1.82, 2.24) is 14.5 Å². The SMILES string of the molecule is CC1=CC(C)CC=C1c1cnc2c(c1)C(c1cc(F)c3nc(C)n(C(C)C)c3c1)=CC2. The Labute approximate surface area is 183 Å². The van der Waals surface area contributed by atoms with Crippen LogP contribution in [0.2, 0.25) is 0 Å². The lowest BCUT2D eigenvalue weighted by molar-refractivity contribution is 0.600. The van der Waals surface area contributed by atoms with E-state index in [2.05, 4.69) is 67.6 Å². The zero-order valence-corrected chi connectivity index (χ0v) is 18.8. The van der Waals surface area contributed by atoms with E-state index in [-0.39, 0.29) is 11.9 Å². The van der Waals surface area contributed by atoms with Crippen molar-refractivity contribution >= 4 is 22.2 Å². The molecule has 5 rings (SSSR count). The number of aromatic nitrogens is 3. The molecule has 158 valence electrons. The van der Waals surface area contributed by atoms with E-state index < -0.39 is 0 Å². The van der Waals surface area contributed by atoms with Crippen LogP contribution in [0.25, 0.3) is 22.2 Å². The lowest BCUT2D eigenvalue weighted by Crippen LogP contribution is -2.03. The number of benzene rings is 1. The maximum absolute atomic E-state index is 15.1. The number of imidazole rings is 1. The van der Waals surface area contributed by atoms with E-state index in [4.69, 9.17) is 4.98 Å². The van der Waals surface area contributed by atoms with Crippen LogP contribution in [0.4, 0.5) is 4.39 Å². The maximum atomic E-state index is 15.1. The molecule has 4 heteroatoms. The highest BCUT2D eigenvalue weighted by molar-refractivity contribution is 5.91. The molecule has 1 atom stereocenters. The molecule has 0 N–H and O–H groups in total. The quantitative estimate of drug-likeness (QED) is 0.472. The third kappa shape index (κ3) is 3.25. The third-order valence-corrected chi connectivity index (χ3v) is 6.48. The van der Waals surface area contributed by atoms with Crippen molar-refractivity contribution in [3.8, 4) is 0 Å². The fourth-order valence-electron chi connectivity index (χ4n) is 5.09. The summed E-state index contributed by atoms with van der Waals surface area (Å²) in [5.41, 5.74) is 9.11. The van der Waals surface area contributed by atoms with Crippen molar-refractivity contribution in [3.63, 3.8) is 0 Å². The van der Waals surface area contributed by atoms with Gasteiger partial charge in [0.2, 0.25) is 0 Å². The molecule has 2 aliphatic carbocycles. The highest BCUT2D eigenvalue weighted by Gasteiger charge is 2.22. The number of aryl methyl sites for hydroxylation is 1. The molecule has 0 saturated heterocycles. The van der Waals surface area contributed by atoms with Crippen LogP contribution in [0.1, 0.15) is 68.4 Å². The molecule has 0 amide bonds. The Morgan fingerprint density at radius 2 is 1.87 bits per heavy atom. The number of pyridine rings is 1. The molecule has 31 heavy (non-hydrogen) atoms. The highest BCUT2D eigenvalue weighted by atomic mass is 19.1. The van der Waals surface area contributed by atoms with Gasteiger partial charge in [0.25, 0.3) is 0 Å². The summed E-state index contributed by atoms with van der Waals surface area (Å²) in [5.74, 6) is 1.15. The zero-order chi connectivity index (χ0) is 21.9. The molecule has 2 aliphatic rings. The van der Waals surface area contributed by atoms with Crippen LogP contribution in [0, 0.1) is 18.7 Å². The second kappa shape index (κ2) is 7.30. The van der Waals surface area contributed by atoms with Crippen LogP contribution in [0.5, 0.6) is 0 Å². The van der Waals surface area contributed by atoms with Gasteiger partial charge in [-0.15, -0.1) is 0 Å². The largest absolute Gasteiger partial charge is 0.326 e. The van der Waals surface area contributed by atoms with E-state index in [9.17, 15) is 0 Å². The number of hydrogen-bond acceptors (Lipinski definition) is 2. The molecule has 0 radical (unpaired) electrons. The van der Waals surface area contributed by atoms with Crippen molar-refractivity contribution in [2.75, 3.05) is 0 Å². The Morgan fingerprint density at radius 1 is 1.06 bits per heavy atom. The Kier molecular flexibility index (Phi) is 4.69. The van der Waals surface area contributed by atoms with Crippen molar-refractivity contribution < 1.29 is 4.39 Å². The zero-order valence-electron chi connectivity index (χ0n) is 18.8. The van der Waals surface area contributed by atoms with E-state index >= 15 is 4.39 Å². The van der Waals surface area contributed by atoms with E-state index in [1.165, 1.54) is 11.1 Å². The first kappa shape index (κ1) is 19.9. The van der Waals surface area contributed by atoms with Crippen LogP contribution in [0.3, 0.4) is 0 Å². The number of nitrogens with zero attached hydrogens (tertiary/aromatic N) is 3. The monoisotopic (exact) mass is 413 g/mol. The van der Waals surface area contributed by atoms with Gasteiger partial charge in [-0.1, -0.05) is 25.2 Å². The van der Waals surface area contributed by atoms with Crippen molar-refractivity contribution in [2.24, 2.45) is 5.92 Å². The van der Waals surface area contributed by atoms with Crippen molar-refractivity contribution in [1.29, 1.82) is 0 Å². The Balaban J connectivity index is 1.61. The molecule has 0 bridgehead atoms. The van der Waals surface area contributed by atoms with Gasteiger partial charge in [-0.25, -0.2) is 9.37 Å². The van der Waals surface area contributed by atoms with Crippen LogP contribution < -0.4 is 0 Å². The van der Waals surface area contributed by atoms with Gasteiger partial charge in [0, 0.05) is 29.8 Å². The van der Waals surface area contributed by atoms with E-state index in [1.54, 1.807) is 6.07 Å². The summed E-state index contributed by atoms with van der Waals surface area (Å²) in [4.78, 5) is 9.24. The first-order valence-corrected chi connectivity index (χ1v) is 11.1. The molecule has 1 unspecified atom stereocenters. The van der Waals surface area contributed by atoms with Gasteiger partial charge < -0.3 is 4.57 Å². The van der Waals surface area contributed by atoms with Gasteiger partial charge >= 0.3 is 0 Å². The molecule has 0 spiro atoms. The summed E-state index contributed by atoms with van der Waals surface area (Å²) in [5, 5.41) is 0. The number of fused-ring (bicyclic) bond motifs is 2. The summed E-state index contributed by atoms with van der Waals surface area (Å²) in [6, 6.07) is 6.15. The van der Waals surface area contributed by atoms with Gasteiger partial charge in [0.15, 0.2) is 5.82 Å². The predicted octanol–water partition coefficient (Wildman–Crippen LogP) is 6.82. The minimum Gasteiger partial charge on any atom is -0.326 e. The molecule has 0 fully saturated rings. The number of allylic oxidation sites excluding steroid dienone is 5. The second-order valence-corrected chi connectivity index (χ2v) is 9.17. The van der Waals surface area contributed by atoms with E-state index in [0.717, 1.165) is 52.1 Å². The molecular formula is C27H28FN3. The minimum atomic E-state index is -0.267. The number of halogens is 1. The molecule has 3 nitrogen and oxygen atoms in total. The summed E-state index contributed by atoms with van der Waals surface area (Å²) in [6.45, 7) is 10.6. The molecular weight excluding hydrogens is 385 g/mol. The van der Waals surface area contributed by atoms with E-state index in [0.29, 0.717) is 11.4 Å². The normalized spacial score (nSPS) is 18.3. The summed E-state index contributed by atoms with van der Waals surface area (Å²) >= 11 is 0. The van der Waals surface area contributed by atoms with Gasteiger partial charge in [0.05, 0.1) is 11.2 Å². The van der Waals surface area contributed by atoms with Gasteiger partial charge in [-0.3, -0.25) is 4.98 Å². The summed E-state index contributed by atoms with van der Waals surface area (Å²) in [6.07, 6.45) is 10.6. The smallest absolute Gasteiger partial charge is 0.151 e. The first-order valence-electron chi connectivity index (χ1n) is 11.1. The second-order valence-electron chi connectivity index (χ2n) is 9.17. The lowest BCUT2D eigenvalue weighted by atomic mass is 9.88. The third-order valence-electron chi connectivity index (χ3n) is 6.48. The Morgan fingerprint density at radius 3 is 2.61 bits per heavy atom. The molecule has 0 saturated carbocycles. The van der Waals surface area contributed by atoms with Crippen LogP contribution in [-0.4, -0.2) is 14.5 Å². The van der Waals surface area contributed by atoms with E-state index in [1.807, 2.05) is 13.1 Å². The first-order chi connectivity index (χ1) is 14.8. The molecule has 2 heterocycles. The average Bonchev–Trinajstić information content (AvgIpc) is 3.28. The lowest BCUT2D eigenvalue weighted by Gasteiger charge is -2.18. The number of rotatable bonds is 3. The molecule has 1 aromatic carbocycles. The summed E-state index contributed by atoms with van der Waals surface area (Å²) < 4.78 is 17.2. The molecule has 3 aromatic rings. The van der Waals surface area contributed by atoms with Crippen molar-refractivity contribution in [3.05, 3.63) is 82.2 Å². The minimum absolute atomic E-state index is 0.216. The van der Waals surface area contributed by atoms with Gasteiger partial charge in [0.1, 0.15) is 11.3 Å². The van der Waals surface area contributed by atoms with Crippen molar-refractivity contribution in [2.45, 2.75) is 53.5 Å². The predicted molar refractivity (Wildman–Crippen MR) is 125 cm³/mol. The van der Waals surface area contributed by atoms with Crippen LogP contribution in [0.15, 0.2) is 48.2 Å². The van der Waals surface area contributed by atoms with Crippen LogP contribution >= 0.6 is 0 Å². The Bertz CT molecular complexity index is 1300. The highest BCUT2D eigenvalue weighted by Crippen LogP contribution is 2.38. The Hall–Kier alpha value is -3.01. The standard InChI is InChI=1S/C27H28FN3/c1-15(2)31-18(5)30-27-24(28)12-19(13-26(27)31)22-8-9-25-23(22)11-20(14-29-25)21-7-6-16(3)10-17(21)4/h7-8,10-16H,6,9H2,1-5H3. The average molecular weight is 414 g/mol. The van der Waals surface area contributed by atoms with Gasteiger partial charge in [-0.2, -0.15) is 0 Å². The molecule has 2 aromatic heterocycles. The van der Waals surface area contributed by atoms with Crippen LogP contribution in [-0.2, 0) is 6.42 Å². The fourth-order valence-corrected chi connectivity index (χ4v) is 5.09. The fraction of sp³-hybridized carbons (Fsp3) is 0.333. The number of hydrogen-bond donors (Lipinski definition) is 0. The van der Waals surface area contributed by atoms with Gasteiger partial charge in [-0.05, 0) is 80.5 Å². The maximum Gasteiger partial charge on any atom is 0.151 e.